The van der Waals surface area contributed by atoms with Crippen LogP contribution in [0.25, 0.3) is 32.2 Å². The van der Waals surface area contributed by atoms with Gasteiger partial charge in [-0.15, -0.1) is 11.3 Å². The van der Waals surface area contributed by atoms with Gasteiger partial charge in [0.15, 0.2) is 9.84 Å². The highest BCUT2D eigenvalue weighted by Gasteiger charge is 2.17. The Balaban J connectivity index is 2.07. The molecule has 2 aromatic carbocycles. The number of methoxy groups -OCH3 is 1. The molecule has 7 heteroatoms. The van der Waals surface area contributed by atoms with Crippen molar-refractivity contribution in [3.05, 3.63) is 48.1 Å². The maximum absolute atomic E-state index is 11.9. The molecule has 0 saturated heterocycles. The number of aromatic nitrogens is 2. The Bertz CT molecular complexity index is 1210. The lowest BCUT2D eigenvalue weighted by molar-refractivity contribution is 0.416. The van der Waals surface area contributed by atoms with Crippen LogP contribution in [0.2, 0.25) is 0 Å². The summed E-state index contributed by atoms with van der Waals surface area (Å²) in [6, 6.07) is 10.7. The summed E-state index contributed by atoms with van der Waals surface area (Å²) in [5.41, 5.74) is 4.06. The number of sulfone groups is 1. The van der Waals surface area contributed by atoms with Crippen molar-refractivity contribution < 1.29 is 13.2 Å². The third kappa shape index (κ3) is 2.65. The summed E-state index contributed by atoms with van der Waals surface area (Å²) in [4.78, 5) is 9.18. The van der Waals surface area contributed by atoms with Crippen molar-refractivity contribution in [2.45, 2.75) is 4.90 Å². The first-order valence-corrected chi connectivity index (χ1v) is 10.3. The van der Waals surface area contributed by atoms with Crippen LogP contribution in [-0.4, -0.2) is 31.8 Å². The van der Waals surface area contributed by atoms with Crippen molar-refractivity contribution >= 4 is 42.2 Å². The molecule has 126 valence electrons. The number of thiazole rings is 1. The maximum atomic E-state index is 11.9. The Morgan fingerprint density at radius 2 is 1.88 bits per heavy atom. The molecule has 0 aliphatic carbocycles. The molecule has 0 atom stereocenters. The van der Waals surface area contributed by atoms with Gasteiger partial charge in [-0.1, -0.05) is 6.07 Å². The zero-order chi connectivity index (χ0) is 17.6. The average molecular weight is 370 g/mol. The molecule has 0 aliphatic rings. The van der Waals surface area contributed by atoms with Gasteiger partial charge in [0, 0.05) is 28.8 Å². The number of hydrogen-bond donors (Lipinski definition) is 0. The Labute approximate surface area is 148 Å². The van der Waals surface area contributed by atoms with Crippen molar-refractivity contribution in [2.24, 2.45) is 0 Å². The number of benzene rings is 2. The quantitative estimate of drug-likeness (QED) is 0.547. The summed E-state index contributed by atoms with van der Waals surface area (Å²) in [6.07, 6.45) is 2.90. The van der Waals surface area contributed by atoms with E-state index in [-0.39, 0.29) is 4.90 Å². The van der Waals surface area contributed by atoms with E-state index in [4.69, 9.17) is 4.74 Å². The van der Waals surface area contributed by atoms with E-state index in [0.29, 0.717) is 17.0 Å². The fourth-order valence-electron chi connectivity index (χ4n) is 2.90. The number of pyridine rings is 1. The molecule has 4 aromatic rings. The minimum absolute atomic E-state index is 0.233. The van der Waals surface area contributed by atoms with E-state index in [2.05, 4.69) is 9.97 Å². The Morgan fingerprint density at radius 3 is 2.64 bits per heavy atom. The van der Waals surface area contributed by atoms with Gasteiger partial charge in [-0.25, -0.2) is 13.4 Å². The number of hydrogen-bond acceptors (Lipinski definition) is 6. The second kappa shape index (κ2) is 5.79. The summed E-state index contributed by atoms with van der Waals surface area (Å²) in [6.45, 7) is 0. The van der Waals surface area contributed by atoms with Crippen LogP contribution in [0.15, 0.2) is 53.0 Å². The average Bonchev–Trinajstić information content (AvgIpc) is 3.09. The predicted octanol–water partition coefficient (Wildman–Crippen LogP) is 3.92. The van der Waals surface area contributed by atoms with Gasteiger partial charge in [-0.2, -0.15) is 0 Å². The Hall–Kier alpha value is -2.51. The number of ether oxygens (including phenoxy) is 1. The fraction of sp³-hybridized carbons (Fsp3) is 0.111. The smallest absolute Gasteiger partial charge is 0.175 e. The first kappa shape index (κ1) is 16.0. The monoisotopic (exact) mass is 370 g/mol. The van der Waals surface area contributed by atoms with E-state index in [1.165, 1.54) is 6.26 Å². The molecule has 0 fully saturated rings. The molecule has 2 heterocycles. The summed E-state index contributed by atoms with van der Waals surface area (Å²) < 4.78 is 30.4. The molecule has 0 amide bonds. The Kier molecular flexibility index (Phi) is 3.70. The lowest BCUT2D eigenvalue weighted by atomic mass is 10.0. The third-order valence-electron chi connectivity index (χ3n) is 4.10. The third-order valence-corrected chi connectivity index (χ3v) is 6.00. The molecule has 0 bridgehead atoms. The van der Waals surface area contributed by atoms with Crippen LogP contribution in [0, 0.1) is 0 Å². The van der Waals surface area contributed by atoms with E-state index >= 15 is 0 Å². The molecule has 5 nitrogen and oxygen atoms in total. The van der Waals surface area contributed by atoms with Crippen molar-refractivity contribution in [1.29, 1.82) is 0 Å². The molecule has 0 unspecified atom stereocenters. The molecule has 0 aliphatic heterocycles. The standard InChI is InChI=1S/C18H14N2O3S2/c1-23-15-5-3-11(25(2,21)22)9-14(15)17-12-4-6-16-18(20-10-24-16)13(12)7-8-19-17/h3-10H,1-2H3. The van der Waals surface area contributed by atoms with Crippen molar-refractivity contribution in [2.75, 3.05) is 13.4 Å². The molecule has 4 rings (SSSR count). The van der Waals surface area contributed by atoms with Crippen molar-refractivity contribution in [3.8, 4) is 17.0 Å². The number of fused-ring (bicyclic) bond motifs is 3. The van der Waals surface area contributed by atoms with Gasteiger partial charge in [0.2, 0.25) is 0 Å². The van der Waals surface area contributed by atoms with Crippen LogP contribution in [0.5, 0.6) is 5.75 Å². The summed E-state index contributed by atoms with van der Waals surface area (Å²) >= 11 is 1.58. The molecular weight excluding hydrogens is 356 g/mol. The molecular formula is C18H14N2O3S2. The topological polar surface area (TPSA) is 69.2 Å². The summed E-state index contributed by atoms with van der Waals surface area (Å²) in [5.74, 6) is 0.575. The van der Waals surface area contributed by atoms with Crippen LogP contribution < -0.4 is 4.74 Å². The zero-order valence-electron chi connectivity index (χ0n) is 13.6. The fourth-order valence-corrected chi connectivity index (χ4v) is 4.24. The van der Waals surface area contributed by atoms with Crippen molar-refractivity contribution in [3.63, 3.8) is 0 Å². The van der Waals surface area contributed by atoms with Gasteiger partial charge < -0.3 is 4.74 Å². The summed E-state index contributed by atoms with van der Waals surface area (Å²) in [7, 11) is -1.77. The molecule has 0 radical (unpaired) electrons. The first-order valence-electron chi connectivity index (χ1n) is 7.48. The number of rotatable bonds is 3. The molecule has 0 N–H and O–H groups in total. The molecule has 2 aromatic heterocycles. The first-order chi connectivity index (χ1) is 12.0. The van der Waals surface area contributed by atoms with E-state index in [1.807, 2.05) is 23.7 Å². The highest BCUT2D eigenvalue weighted by molar-refractivity contribution is 7.90. The molecule has 25 heavy (non-hydrogen) atoms. The molecule has 0 spiro atoms. The van der Waals surface area contributed by atoms with Gasteiger partial charge in [-0.05, 0) is 30.3 Å². The van der Waals surface area contributed by atoms with Crippen LogP contribution in [0.3, 0.4) is 0 Å². The van der Waals surface area contributed by atoms with Gasteiger partial charge in [-0.3, -0.25) is 4.98 Å². The zero-order valence-corrected chi connectivity index (χ0v) is 15.2. The molecule has 0 saturated carbocycles. The largest absolute Gasteiger partial charge is 0.496 e. The summed E-state index contributed by atoms with van der Waals surface area (Å²) in [5, 5.41) is 1.89. The van der Waals surface area contributed by atoms with Gasteiger partial charge >= 0.3 is 0 Å². The lowest BCUT2D eigenvalue weighted by Gasteiger charge is -2.12. The highest BCUT2D eigenvalue weighted by Crippen LogP contribution is 2.37. The van der Waals surface area contributed by atoms with Crippen LogP contribution in [-0.2, 0) is 9.84 Å². The lowest BCUT2D eigenvalue weighted by Crippen LogP contribution is -1.99. The van der Waals surface area contributed by atoms with E-state index < -0.39 is 9.84 Å². The van der Waals surface area contributed by atoms with Crippen LogP contribution >= 0.6 is 11.3 Å². The number of nitrogens with zero attached hydrogens (tertiary/aromatic N) is 2. The van der Waals surface area contributed by atoms with Crippen LogP contribution in [0.1, 0.15) is 0 Å². The van der Waals surface area contributed by atoms with E-state index in [1.54, 1.807) is 42.8 Å². The maximum Gasteiger partial charge on any atom is 0.175 e. The normalized spacial score (nSPS) is 11.9. The van der Waals surface area contributed by atoms with E-state index in [0.717, 1.165) is 21.0 Å². The van der Waals surface area contributed by atoms with Gasteiger partial charge in [0.05, 0.1) is 33.4 Å². The highest BCUT2D eigenvalue weighted by atomic mass is 32.2. The minimum atomic E-state index is -3.33. The SMILES string of the molecule is COc1ccc(S(C)(=O)=O)cc1-c1nccc2c1ccc1scnc12. The second-order valence-electron chi connectivity index (χ2n) is 5.65. The van der Waals surface area contributed by atoms with E-state index in [9.17, 15) is 8.42 Å². The van der Waals surface area contributed by atoms with Gasteiger partial charge in [0.25, 0.3) is 0 Å². The van der Waals surface area contributed by atoms with Crippen molar-refractivity contribution in [1.82, 2.24) is 9.97 Å². The van der Waals surface area contributed by atoms with Crippen LogP contribution in [0.4, 0.5) is 0 Å². The van der Waals surface area contributed by atoms with Gasteiger partial charge in [0.1, 0.15) is 5.75 Å². The predicted molar refractivity (Wildman–Crippen MR) is 100 cm³/mol. The minimum Gasteiger partial charge on any atom is -0.496 e. The second-order valence-corrected chi connectivity index (χ2v) is 8.56. The Morgan fingerprint density at radius 1 is 1.04 bits per heavy atom.